The van der Waals surface area contributed by atoms with Crippen molar-refractivity contribution in [1.82, 2.24) is 14.5 Å². The highest BCUT2D eigenvalue weighted by molar-refractivity contribution is 7.99. The second kappa shape index (κ2) is 28.6. The highest BCUT2D eigenvalue weighted by atomic mass is 35.5. The van der Waals surface area contributed by atoms with E-state index in [1.54, 1.807) is 72.1 Å². The van der Waals surface area contributed by atoms with Crippen LogP contribution in [0.2, 0.25) is 10.0 Å². The molecular formula is C54H50Cl2F2N4O9S4. The van der Waals surface area contributed by atoms with Gasteiger partial charge in [-0.1, -0.05) is 96.0 Å². The van der Waals surface area contributed by atoms with E-state index in [2.05, 4.69) is 26.3 Å². The maximum atomic E-state index is 14.5. The summed E-state index contributed by atoms with van der Waals surface area (Å²) in [7, 11) is -7.82. The molecule has 0 aliphatic heterocycles. The first-order valence-electron chi connectivity index (χ1n) is 22.7. The number of thioether (sulfide) groups is 2. The number of carbonyl (C=O) groups is 2. The maximum absolute atomic E-state index is 14.5. The molecule has 75 heavy (non-hydrogen) atoms. The van der Waals surface area contributed by atoms with Crippen LogP contribution in [0.4, 0.5) is 8.78 Å². The highest BCUT2D eigenvalue weighted by Gasteiger charge is 2.21. The molecule has 0 saturated heterocycles. The van der Waals surface area contributed by atoms with E-state index >= 15 is 0 Å². The molecule has 0 saturated carbocycles. The Hall–Kier alpha value is -6.26. The van der Waals surface area contributed by atoms with Crippen LogP contribution in [0.5, 0.6) is 0 Å². The van der Waals surface area contributed by atoms with Gasteiger partial charge in [-0.2, -0.15) is 0 Å². The molecule has 0 aliphatic carbocycles. The molecule has 392 valence electrons. The third kappa shape index (κ3) is 18.8. The summed E-state index contributed by atoms with van der Waals surface area (Å²) in [6, 6.07) is 47.7. The fourth-order valence-corrected chi connectivity index (χ4v) is 10.8. The standard InChI is InChI=1S/C27H24ClFN2O4S2.C22H22ClFN2O2S2.C5H4O3/c28-24-8-4-9-25(29)23(24)19-31(15-17-36-21-6-2-1-3-7-21)18-20-11-13-22(14-12-20)37(33,34)30-27(32)26-10-5-16-35-26;23-21-7-4-8-22(24)20(21)16-26(13-14-29-18-5-2-1-3-6-18)15-17-9-11-19(12-10-17)30(25,27)28;6-5(7)4-2-1-3-8-4/h1-14,16H,15,17-19H2,(H,30,32);1-12H,13-16H2,(H2,25,27,28);1-3H,(H,6,7). The lowest BCUT2D eigenvalue weighted by atomic mass is 10.1. The lowest BCUT2D eigenvalue weighted by Crippen LogP contribution is -2.30. The van der Waals surface area contributed by atoms with Crippen LogP contribution in [-0.4, -0.2) is 68.2 Å². The van der Waals surface area contributed by atoms with Gasteiger partial charge in [-0.15, -0.1) is 23.5 Å². The summed E-state index contributed by atoms with van der Waals surface area (Å²) >= 11 is 15.9. The van der Waals surface area contributed by atoms with E-state index in [9.17, 15) is 35.2 Å². The molecule has 21 heteroatoms. The van der Waals surface area contributed by atoms with Crippen molar-refractivity contribution in [3.8, 4) is 0 Å². The molecule has 1 amide bonds. The second-order valence-electron chi connectivity index (χ2n) is 16.2. The maximum Gasteiger partial charge on any atom is 0.371 e. The number of sulfonamides is 2. The van der Waals surface area contributed by atoms with Gasteiger partial charge in [-0.05, 0) is 108 Å². The van der Waals surface area contributed by atoms with Crippen molar-refractivity contribution >= 4 is 78.6 Å². The number of carbonyl (C=O) groups excluding carboxylic acids is 1. The molecule has 0 fully saturated rings. The molecule has 6 aromatic carbocycles. The van der Waals surface area contributed by atoms with Crippen molar-refractivity contribution in [3.63, 3.8) is 0 Å². The van der Waals surface area contributed by atoms with Crippen LogP contribution in [-0.2, 0) is 46.2 Å². The van der Waals surface area contributed by atoms with Crippen LogP contribution < -0.4 is 9.86 Å². The number of aromatic carboxylic acids is 1. The number of carboxylic acids is 1. The number of amides is 1. The molecule has 2 heterocycles. The molecule has 0 unspecified atom stereocenters. The van der Waals surface area contributed by atoms with Crippen LogP contribution in [0.3, 0.4) is 0 Å². The topological polar surface area (TPSA) is 193 Å². The van der Waals surface area contributed by atoms with Crippen LogP contribution in [0.1, 0.15) is 43.4 Å². The van der Waals surface area contributed by atoms with E-state index < -0.39 is 31.9 Å². The zero-order valence-corrected chi connectivity index (χ0v) is 44.6. The molecule has 2 aromatic heterocycles. The van der Waals surface area contributed by atoms with E-state index in [4.69, 9.17) is 37.9 Å². The molecule has 8 aromatic rings. The Morgan fingerprint density at radius 2 is 0.973 bits per heavy atom. The van der Waals surface area contributed by atoms with Gasteiger partial charge < -0.3 is 13.9 Å². The molecule has 0 aliphatic rings. The monoisotopic (exact) mass is 1130 g/mol. The van der Waals surface area contributed by atoms with E-state index in [0.717, 1.165) is 27.5 Å². The van der Waals surface area contributed by atoms with Gasteiger partial charge in [0.25, 0.3) is 10.0 Å². The minimum Gasteiger partial charge on any atom is -0.475 e. The fraction of sp³-hybridized carbons (Fsp3) is 0.148. The van der Waals surface area contributed by atoms with Gasteiger partial charge in [0.2, 0.25) is 15.8 Å². The van der Waals surface area contributed by atoms with Crippen molar-refractivity contribution in [1.29, 1.82) is 0 Å². The Bertz CT molecular complexity index is 3250. The number of carboxylic acid groups (broad SMARTS) is 1. The normalized spacial score (nSPS) is 11.3. The Labute approximate surface area is 452 Å². The van der Waals surface area contributed by atoms with Crippen LogP contribution in [0, 0.1) is 11.6 Å². The van der Waals surface area contributed by atoms with E-state index in [1.165, 1.54) is 78.1 Å². The number of benzene rings is 6. The minimum atomic E-state index is -4.08. The number of nitrogens with zero attached hydrogens (tertiary/aromatic N) is 2. The van der Waals surface area contributed by atoms with E-state index in [0.29, 0.717) is 60.4 Å². The minimum absolute atomic E-state index is 0.0231. The number of rotatable bonds is 21. The zero-order chi connectivity index (χ0) is 53.8. The first kappa shape index (κ1) is 58.0. The summed E-state index contributed by atoms with van der Waals surface area (Å²) < 4.78 is 88.4. The quantitative estimate of drug-likeness (QED) is 0.0576. The van der Waals surface area contributed by atoms with Crippen molar-refractivity contribution in [2.75, 3.05) is 24.6 Å². The van der Waals surface area contributed by atoms with Crippen molar-refractivity contribution in [3.05, 3.63) is 238 Å². The van der Waals surface area contributed by atoms with Gasteiger partial charge in [-0.25, -0.2) is 40.3 Å². The first-order chi connectivity index (χ1) is 35.9. The average molecular weight is 1140 g/mol. The largest absolute Gasteiger partial charge is 0.475 e. The van der Waals surface area contributed by atoms with Crippen molar-refractivity contribution in [2.45, 2.75) is 45.8 Å². The molecule has 8 rings (SSSR count). The number of nitrogens with one attached hydrogen (secondary N) is 1. The molecule has 0 atom stereocenters. The third-order valence-corrected chi connectivity index (χ3v) is 15.7. The van der Waals surface area contributed by atoms with Crippen LogP contribution in [0.25, 0.3) is 0 Å². The van der Waals surface area contributed by atoms with Gasteiger partial charge >= 0.3 is 11.9 Å². The summed E-state index contributed by atoms with van der Waals surface area (Å²) in [6.45, 7) is 2.94. The van der Waals surface area contributed by atoms with Gasteiger partial charge in [-0.3, -0.25) is 14.6 Å². The van der Waals surface area contributed by atoms with Gasteiger partial charge in [0.05, 0.1) is 22.3 Å². The van der Waals surface area contributed by atoms with E-state index in [1.807, 2.05) is 53.3 Å². The molecule has 4 N–H and O–H groups in total. The SMILES string of the molecule is NS(=O)(=O)c1ccc(CN(CCSc2ccccc2)Cc2c(F)cccc2Cl)cc1.O=C(NS(=O)(=O)c1ccc(CN(CCSc2ccccc2)Cc2c(F)cccc2Cl)cc1)c1ccco1.O=C(O)c1ccco1. The average Bonchev–Trinajstić information content (AvgIpc) is 4.15. The van der Waals surface area contributed by atoms with Crippen molar-refractivity contribution in [2.24, 2.45) is 5.14 Å². The molecule has 0 spiro atoms. The molecular weight excluding hydrogens is 1090 g/mol. The van der Waals surface area contributed by atoms with Crippen LogP contribution in [0.15, 0.2) is 211 Å². The number of hydrogen-bond donors (Lipinski definition) is 3. The molecule has 0 radical (unpaired) electrons. The second-order valence-corrected chi connectivity index (χ2v) is 22.6. The van der Waals surface area contributed by atoms with E-state index in [-0.39, 0.29) is 32.9 Å². The lowest BCUT2D eigenvalue weighted by Gasteiger charge is -2.23. The highest BCUT2D eigenvalue weighted by Crippen LogP contribution is 2.26. The Kier molecular flexibility index (Phi) is 22.1. The predicted octanol–water partition coefficient (Wildman–Crippen LogP) is 11.9. The number of nitrogens with two attached hydrogens (primary N) is 1. The molecule has 13 nitrogen and oxygen atoms in total. The summed E-state index contributed by atoms with van der Waals surface area (Å²) in [5.41, 5.74) is 2.59. The fourth-order valence-electron chi connectivity index (χ4n) is 6.97. The third-order valence-electron chi connectivity index (χ3n) is 10.7. The summed E-state index contributed by atoms with van der Waals surface area (Å²) in [5.74, 6) is -1.14. The van der Waals surface area contributed by atoms with Gasteiger partial charge in [0.1, 0.15) is 11.6 Å². The number of halogens is 4. The predicted molar refractivity (Wildman–Crippen MR) is 289 cm³/mol. The summed E-state index contributed by atoms with van der Waals surface area (Å²) in [5, 5.41) is 14.1. The first-order valence-corrected chi connectivity index (χ1v) is 28.4. The Morgan fingerprint density at radius 1 is 0.547 bits per heavy atom. The lowest BCUT2D eigenvalue weighted by molar-refractivity contribution is 0.0662. The van der Waals surface area contributed by atoms with Crippen LogP contribution >= 0.6 is 46.7 Å². The van der Waals surface area contributed by atoms with Gasteiger partial charge in [0, 0.05) is 81.7 Å². The molecule has 0 bridgehead atoms. The smallest absolute Gasteiger partial charge is 0.371 e. The number of primary sulfonamides is 1. The summed E-state index contributed by atoms with van der Waals surface area (Å²) in [4.78, 5) is 28.5. The number of furan rings is 2. The Balaban J connectivity index is 0.000000215. The zero-order valence-electron chi connectivity index (χ0n) is 39.8. The van der Waals surface area contributed by atoms with Gasteiger partial charge in [0.15, 0.2) is 5.76 Å². The van der Waals surface area contributed by atoms with Crippen molar-refractivity contribution < 1.29 is 49.1 Å². The summed E-state index contributed by atoms with van der Waals surface area (Å²) in [6.07, 6.45) is 2.61. The Morgan fingerprint density at radius 3 is 1.35 bits per heavy atom. The number of hydrogen-bond acceptors (Lipinski definition) is 12.